The fourth-order valence-corrected chi connectivity index (χ4v) is 6.38. The number of rotatable bonds is 3. The summed E-state index contributed by atoms with van der Waals surface area (Å²) in [4.78, 5) is 18.3. The first-order chi connectivity index (χ1) is 14.2. The van der Waals surface area contributed by atoms with Crippen LogP contribution in [0.3, 0.4) is 0 Å². The normalized spacial score (nSPS) is 18.5. The van der Waals surface area contributed by atoms with Gasteiger partial charge in [-0.05, 0) is 36.8 Å². The van der Waals surface area contributed by atoms with Crippen molar-refractivity contribution in [2.75, 3.05) is 5.75 Å². The van der Waals surface area contributed by atoms with E-state index in [0.717, 1.165) is 16.4 Å². The van der Waals surface area contributed by atoms with Crippen LogP contribution in [0.15, 0.2) is 93.7 Å². The molecule has 0 spiro atoms. The number of para-hydroxylation sites is 1. The number of aromatic nitrogens is 2. The van der Waals surface area contributed by atoms with Gasteiger partial charge in [0.2, 0.25) is 0 Å². The molecule has 0 N–H and O–H groups in total. The lowest BCUT2D eigenvalue weighted by molar-refractivity contribution is 0.524. The maximum Gasteiger partial charge on any atom is 0.281 e. The molecule has 144 valence electrons. The molecule has 0 amide bonds. The third kappa shape index (κ3) is 3.49. The minimum Gasteiger partial charge on any atom is -0.311 e. The molecular weight excluding hydrogens is 396 g/mol. The van der Waals surface area contributed by atoms with Gasteiger partial charge in [-0.3, -0.25) is 4.79 Å². The van der Waals surface area contributed by atoms with Crippen molar-refractivity contribution in [3.63, 3.8) is 0 Å². The Morgan fingerprint density at radius 3 is 2.48 bits per heavy atom. The molecular formula is C24H20N2OS2. The SMILES string of the molecule is Cc1ccc(S[C@@H]2CSc3nc(=O)c4ccccc4n3[C@@H]2c2ccccc2)cc1. The van der Waals surface area contributed by atoms with Gasteiger partial charge in [0.1, 0.15) is 0 Å². The van der Waals surface area contributed by atoms with Gasteiger partial charge in [0, 0.05) is 15.9 Å². The van der Waals surface area contributed by atoms with Crippen LogP contribution in [-0.2, 0) is 0 Å². The Balaban J connectivity index is 1.68. The van der Waals surface area contributed by atoms with Crippen molar-refractivity contribution in [1.82, 2.24) is 9.55 Å². The molecule has 0 fully saturated rings. The zero-order chi connectivity index (χ0) is 19.8. The summed E-state index contributed by atoms with van der Waals surface area (Å²) >= 11 is 3.58. The number of fused-ring (bicyclic) bond motifs is 3. The van der Waals surface area contributed by atoms with Gasteiger partial charge < -0.3 is 4.57 Å². The molecule has 0 radical (unpaired) electrons. The van der Waals surface area contributed by atoms with E-state index in [4.69, 9.17) is 0 Å². The number of benzene rings is 3. The van der Waals surface area contributed by atoms with Crippen LogP contribution in [-0.4, -0.2) is 20.6 Å². The highest BCUT2D eigenvalue weighted by Gasteiger charge is 2.33. The second-order valence-corrected chi connectivity index (χ2v) is 9.52. The molecule has 0 unspecified atom stereocenters. The molecule has 0 bridgehead atoms. The van der Waals surface area contributed by atoms with E-state index in [9.17, 15) is 4.79 Å². The van der Waals surface area contributed by atoms with Crippen LogP contribution in [0.4, 0.5) is 0 Å². The van der Waals surface area contributed by atoms with Crippen LogP contribution in [0.1, 0.15) is 17.2 Å². The van der Waals surface area contributed by atoms with E-state index in [1.165, 1.54) is 16.0 Å². The summed E-state index contributed by atoms with van der Waals surface area (Å²) in [6, 6.07) is 27.2. The Kier molecular flexibility index (Phi) is 4.94. The van der Waals surface area contributed by atoms with Gasteiger partial charge in [-0.15, -0.1) is 11.8 Å². The van der Waals surface area contributed by atoms with Gasteiger partial charge in [0.25, 0.3) is 5.56 Å². The number of nitrogens with zero attached hydrogens (tertiary/aromatic N) is 2. The second kappa shape index (κ2) is 7.73. The minimum atomic E-state index is -0.143. The first-order valence-electron chi connectivity index (χ1n) is 9.63. The highest BCUT2D eigenvalue weighted by atomic mass is 32.2. The molecule has 5 rings (SSSR count). The molecule has 5 heteroatoms. The minimum absolute atomic E-state index is 0.108. The quantitative estimate of drug-likeness (QED) is 0.410. The zero-order valence-electron chi connectivity index (χ0n) is 16.0. The highest BCUT2D eigenvalue weighted by molar-refractivity contribution is 8.03. The highest BCUT2D eigenvalue weighted by Crippen LogP contribution is 2.44. The van der Waals surface area contributed by atoms with Gasteiger partial charge in [0.05, 0.1) is 16.9 Å². The molecule has 0 aliphatic carbocycles. The Morgan fingerprint density at radius 1 is 0.966 bits per heavy atom. The lowest BCUT2D eigenvalue weighted by Gasteiger charge is -2.35. The van der Waals surface area contributed by atoms with Crippen LogP contribution >= 0.6 is 23.5 Å². The molecule has 1 aliphatic heterocycles. The predicted octanol–water partition coefficient (Wildman–Crippen LogP) is 5.56. The number of aryl methyl sites for hydroxylation is 1. The molecule has 29 heavy (non-hydrogen) atoms. The van der Waals surface area contributed by atoms with Gasteiger partial charge >= 0.3 is 0 Å². The summed E-state index contributed by atoms with van der Waals surface area (Å²) in [5.74, 6) is 0.906. The first kappa shape index (κ1) is 18.5. The molecule has 3 nitrogen and oxygen atoms in total. The van der Waals surface area contributed by atoms with Gasteiger partial charge in [-0.25, -0.2) is 0 Å². The number of hydrogen-bond acceptors (Lipinski definition) is 4. The van der Waals surface area contributed by atoms with Crippen molar-refractivity contribution in [3.8, 4) is 0 Å². The smallest absolute Gasteiger partial charge is 0.281 e. The Morgan fingerprint density at radius 2 is 1.69 bits per heavy atom. The second-order valence-electron chi connectivity index (χ2n) is 7.22. The molecule has 4 aromatic rings. The van der Waals surface area contributed by atoms with Crippen LogP contribution in [0.25, 0.3) is 10.9 Å². The van der Waals surface area contributed by atoms with E-state index >= 15 is 0 Å². The van der Waals surface area contributed by atoms with E-state index in [2.05, 4.69) is 65.0 Å². The van der Waals surface area contributed by atoms with Crippen molar-refractivity contribution >= 4 is 34.4 Å². The van der Waals surface area contributed by atoms with E-state index in [1.54, 1.807) is 11.8 Å². The van der Waals surface area contributed by atoms with E-state index in [0.29, 0.717) is 10.6 Å². The summed E-state index contributed by atoms with van der Waals surface area (Å²) in [5, 5.41) is 1.81. The average molecular weight is 417 g/mol. The Bertz CT molecular complexity index is 1220. The summed E-state index contributed by atoms with van der Waals surface area (Å²) in [6.07, 6.45) is 0. The molecule has 1 aliphatic rings. The lowest BCUT2D eigenvalue weighted by atomic mass is 10.0. The van der Waals surface area contributed by atoms with Gasteiger partial charge in [-0.2, -0.15) is 4.98 Å². The monoisotopic (exact) mass is 416 g/mol. The number of thioether (sulfide) groups is 2. The molecule has 3 aromatic carbocycles. The van der Waals surface area contributed by atoms with Crippen molar-refractivity contribution in [2.45, 2.75) is 28.3 Å². The summed E-state index contributed by atoms with van der Waals surface area (Å²) in [7, 11) is 0. The summed E-state index contributed by atoms with van der Waals surface area (Å²) < 4.78 is 2.27. The van der Waals surface area contributed by atoms with E-state index in [1.807, 2.05) is 42.1 Å². The van der Waals surface area contributed by atoms with Crippen molar-refractivity contribution in [2.24, 2.45) is 0 Å². The van der Waals surface area contributed by atoms with Crippen LogP contribution in [0.5, 0.6) is 0 Å². The summed E-state index contributed by atoms with van der Waals surface area (Å²) in [5.41, 5.74) is 3.33. The molecule has 2 atom stereocenters. The third-order valence-electron chi connectivity index (χ3n) is 5.25. The fraction of sp³-hybridized carbons (Fsp3) is 0.167. The average Bonchev–Trinajstić information content (AvgIpc) is 2.76. The largest absolute Gasteiger partial charge is 0.311 e. The van der Waals surface area contributed by atoms with Crippen molar-refractivity contribution in [3.05, 3.63) is 100 Å². The van der Waals surface area contributed by atoms with E-state index in [-0.39, 0.29) is 11.6 Å². The lowest BCUT2D eigenvalue weighted by Crippen LogP contribution is -2.33. The number of hydrogen-bond donors (Lipinski definition) is 0. The summed E-state index contributed by atoms with van der Waals surface area (Å²) in [6.45, 7) is 2.11. The molecule has 0 saturated carbocycles. The van der Waals surface area contributed by atoms with Crippen molar-refractivity contribution in [1.29, 1.82) is 0 Å². The van der Waals surface area contributed by atoms with Crippen LogP contribution in [0, 0.1) is 6.92 Å². The van der Waals surface area contributed by atoms with Crippen molar-refractivity contribution < 1.29 is 0 Å². The zero-order valence-corrected chi connectivity index (χ0v) is 17.6. The first-order valence-corrected chi connectivity index (χ1v) is 11.5. The predicted molar refractivity (Wildman–Crippen MR) is 122 cm³/mol. The van der Waals surface area contributed by atoms with Crippen LogP contribution < -0.4 is 5.56 Å². The Hall–Kier alpha value is -2.50. The standard InChI is InChI=1S/C24H20N2OS2/c1-16-11-13-18(14-12-16)29-21-15-28-24-25-23(27)19-9-5-6-10-20(19)26(24)22(21)17-7-3-2-4-8-17/h2-14,21-22H,15H2,1H3/t21-,22-/m1/s1. The topological polar surface area (TPSA) is 34.9 Å². The fourth-order valence-electron chi connectivity index (χ4n) is 3.86. The molecule has 2 heterocycles. The van der Waals surface area contributed by atoms with Crippen LogP contribution in [0.2, 0.25) is 0 Å². The maximum absolute atomic E-state index is 12.6. The molecule has 1 aromatic heterocycles. The third-order valence-corrected chi connectivity index (χ3v) is 7.81. The Labute approximate surface area is 178 Å². The molecule has 0 saturated heterocycles. The maximum atomic E-state index is 12.6. The van der Waals surface area contributed by atoms with Gasteiger partial charge in [-0.1, -0.05) is 71.9 Å². The van der Waals surface area contributed by atoms with E-state index < -0.39 is 0 Å². The van der Waals surface area contributed by atoms with Gasteiger partial charge in [0.15, 0.2) is 5.16 Å².